The number of aromatic nitrogens is 1. The zero-order valence-corrected chi connectivity index (χ0v) is 19.1. The minimum atomic E-state index is -4.65. The lowest BCUT2D eigenvalue weighted by atomic mass is 9.88. The standard InChI is InChI=1S/C25H21ClF3N3O3/c26-21-6-3-16(12-20(21)25(27,28)29)24(34)32-18-4-1-15-2-5-19(11-17(15)10-18)35-13-14-7-8-31-22(9-14)23(30)33/h2-3,5-9,11-12,18H,1,4,10,13H2,(H2,30,33)(H,32,34). The van der Waals surface area contributed by atoms with Gasteiger partial charge in [-0.2, -0.15) is 13.2 Å². The van der Waals surface area contributed by atoms with Crippen molar-refractivity contribution in [2.45, 2.75) is 38.1 Å². The average Bonchev–Trinajstić information content (AvgIpc) is 2.82. The first-order chi connectivity index (χ1) is 16.6. The number of carbonyl (C=O) groups is 2. The first-order valence-corrected chi connectivity index (χ1v) is 11.1. The Balaban J connectivity index is 1.41. The first kappa shape index (κ1) is 24.5. The molecule has 1 aliphatic rings. The summed E-state index contributed by atoms with van der Waals surface area (Å²) in [6.45, 7) is 0.208. The van der Waals surface area contributed by atoms with E-state index < -0.39 is 28.6 Å². The van der Waals surface area contributed by atoms with Crippen LogP contribution in [0.15, 0.2) is 54.7 Å². The monoisotopic (exact) mass is 503 g/mol. The molecular formula is C25H21ClF3N3O3. The second kappa shape index (κ2) is 9.95. The molecule has 182 valence electrons. The molecule has 0 saturated carbocycles. The second-order valence-corrected chi connectivity index (χ2v) is 8.65. The van der Waals surface area contributed by atoms with E-state index in [1.165, 1.54) is 12.3 Å². The molecule has 1 unspecified atom stereocenters. The van der Waals surface area contributed by atoms with Crippen LogP contribution < -0.4 is 15.8 Å². The van der Waals surface area contributed by atoms with Crippen molar-refractivity contribution in [2.24, 2.45) is 5.73 Å². The van der Waals surface area contributed by atoms with E-state index in [0.717, 1.165) is 28.8 Å². The van der Waals surface area contributed by atoms with Gasteiger partial charge in [0.1, 0.15) is 18.1 Å². The minimum Gasteiger partial charge on any atom is -0.489 e. The van der Waals surface area contributed by atoms with Gasteiger partial charge >= 0.3 is 6.18 Å². The van der Waals surface area contributed by atoms with E-state index in [4.69, 9.17) is 22.1 Å². The van der Waals surface area contributed by atoms with Gasteiger partial charge in [0, 0.05) is 17.8 Å². The van der Waals surface area contributed by atoms with Crippen LogP contribution in [0.4, 0.5) is 13.2 Å². The number of benzene rings is 2. The molecule has 3 N–H and O–H groups in total. The predicted molar refractivity (Wildman–Crippen MR) is 123 cm³/mol. The molecule has 35 heavy (non-hydrogen) atoms. The number of fused-ring (bicyclic) bond motifs is 1. The number of hydrogen-bond donors (Lipinski definition) is 2. The number of nitrogens with two attached hydrogens (primary N) is 1. The molecule has 0 radical (unpaired) electrons. The van der Waals surface area contributed by atoms with Gasteiger partial charge in [-0.15, -0.1) is 0 Å². The van der Waals surface area contributed by atoms with Gasteiger partial charge in [-0.05, 0) is 78.4 Å². The van der Waals surface area contributed by atoms with Crippen molar-refractivity contribution in [2.75, 3.05) is 0 Å². The Morgan fingerprint density at radius 1 is 1.11 bits per heavy atom. The summed E-state index contributed by atoms with van der Waals surface area (Å²) in [7, 11) is 0. The first-order valence-electron chi connectivity index (χ1n) is 10.8. The SMILES string of the molecule is NC(=O)c1cc(COc2ccc3c(c2)CC(NC(=O)c2ccc(Cl)c(C(F)(F)F)c2)CC3)ccn1. The molecule has 1 atom stereocenters. The summed E-state index contributed by atoms with van der Waals surface area (Å²) in [5, 5.41) is 2.37. The van der Waals surface area contributed by atoms with E-state index in [0.29, 0.717) is 25.0 Å². The van der Waals surface area contributed by atoms with Crippen LogP contribution in [-0.4, -0.2) is 22.8 Å². The molecule has 3 aromatic rings. The fourth-order valence-corrected chi connectivity index (χ4v) is 4.19. The van der Waals surface area contributed by atoms with Crippen LogP contribution in [0.3, 0.4) is 0 Å². The van der Waals surface area contributed by atoms with Gasteiger partial charge in [-0.25, -0.2) is 0 Å². The Morgan fingerprint density at radius 3 is 2.66 bits per heavy atom. The number of hydrogen-bond acceptors (Lipinski definition) is 4. The number of ether oxygens (including phenoxy) is 1. The van der Waals surface area contributed by atoms with Crippen LogP contribution >= 0.6 is 11.6 Å². The molecule has 0 saturated heterocycles. The number of amides is 2. The highest BCUT2D eigenvalue weighted by atomic mass is 35.5. The number of nitrogens with zero attached hydrogens (tertiary/aromatic N) is 1. The maximum Gasteiger partial charge on any atom is 0.417 e. The van der Waals surface area contributed by atoms with E-state index in [-0.39, 0.29) is 23.9 Å². The lowest BCUT2D eigenvalue weighted by Crippen LogP contribution is -2.39. The van der Waals surface area contributed by atoms with Crippen molar-refractivity contribution < 1.29 is 27.5 Å². The molecule has 1 aromatic heterocycles. The highest BCUT2D eigenvalue weighted by Crippen LogP contribution is 2.35. The normalized spacial score (nSPS) is 15.3. The van der Waals surface area contributed by atoms with Crippen molar-refractivity contribution in [1.29, 1.82) is 0 Å². The Hall–Kier alpha value is -3.59. The minimum absolute atomic E-state index is 0.0997. The molecular weight excluding hydrogens is 483 g/mol. The maximum atomic E-state index is 13.1. The fraction of sp³-hybridized carbons (Fsp3) is 0.240. The maximum absolute atomic E-state index is 13.1. The molecule has 1 aliphatic carbocycles. The molecule has 2 aromatic carbocycles. The van der Waals surface area contributed by atoms with Gasteiger partial charge in [-0.1, -0.05) is 17.7 Å². The molecule has 1 heterocycles. The quantitative estimate of drug-likeness (QED) is 0.509. The third-order valence-electron chi connectivity index (χ3n) is 5.76. The summed E-state index contributed by atoms with van der Waals surface area (Å²) in [6, 6.07) is 11.8. The van der Waals surface area contributed by atoms with Gasteiger partial charge in [0.05, 0.1) is 10.6 Å². The summed E-state index contributed by atoms with van der Waals surface area (Å²) in [4.78, 5) is 27.8. The molecule has 0 bridgehead atoms. The third kappa shape index (κ3) is 5.92. The van der Waals surface area contributed by atoms with Gasteiger partial charge in [0.25, 0.3) is 11.8 Å². The van der Waals surface area contributed by atoms with Crippen LogP contribution in [-0.2, 0) is 25.6 Å². The van der Waals surface area contributed by atoms with Gasteiger partial charge in [0.15, 0.2) is 0 Å². The van der Waals surface area contributed by atoms with E-state index in [1.54, 1.807) is 12.1 Å². The summed E-state index contributed by atoms with van der Waals surface area (Å²) in [5.41, 5.74) is 7.10. The predicted octanol–water partition coefficient (Wildman–Crippen LogP) is 4.72. The molecule has 4 rings (SSSR count). The van der Waals surface area contributed by atoms with Crippen molar-refractivity contribution in [1.82, 2.24) is 10.3 Å². The Bertz CT molecular complexity index is 1280. The molecule has 2 amide bonds. The summed E-state index contributed by atoms with van der Waals surface area (Å²) < 4.78 is 45.2. The van der Waals surface area contributed by atoms with E-state index in [1.807, 2.05) is 18.2 Å². The molecule has 10 heteroatoms. The Kier molecular flexibility index (Phi) is 6.98. The number of halogens is 4. The summed E-state index contributed by atoms with van der Waals surface area (Å²) >= 11 is 5.65. The van der Waals surface area contributed by atoms with Crippen LogP contribution in [0, 0.1) is 0 Å². The smallest absolute Gasteiger partial charge is 0.417 e. The van der Waals surface area contributed by atoms with Gasteiger partial charge < -0.3 is 15.8 Å². The number of aryl methyl sites for hydroxylation is 1. The number of primary amides is 1. The number of alkyl halides is 3. The van der Waals surface area contributed by atoms with Crippen molar-refractivity contribution >= 4 is 23.4 Å². The van der Waals surface area contributed by atoms with Crippen molar-refractivity contribution in [3.63, 3.8) is 0 Å². The van der Waals surface area contributed by atoms with Gasteiger partial charge in [-0.3, -0.25) is 14.6 Å². The molecule has 0 aliphatic heterocycles. The molecule has 0 spiro atoms. The number of carbonyl (C=O) groups excluding carboxylic acids is 2. The summed E-state index contributed by atoms with van der Waals surface area (Å²) in [5.74, 6) is -0.599. The second-order valence-electron chi connectivity index (χ2n) is 8.24. The van der Waals surface area contributed by atoms with Crippen LogP contribution in [0.1, 0.15) is 49.5 Å². The Labute approximate surface area is 204 Å². The van der Waals surface area contributed by atoms with E-state index in [2.05, 4.69) is 10.3 Å². The zero-order valence-electron chi connectivity index (χ0n) is 18.4. The third-order valence-corrected chi connectivity index (χ3v) is 6.09. The number of rotatable bonds is 6. The average molecular weight is 504 g/mol. The van der Waals surface area contributed by atoms with Crippen LogP contribution in [0.5, 0.6) is 5.75 Å². The molecule has 0 fully saturated rings. The highest BCUT2D eigenvalue weighted by molar-refractivity contribution is 6.31. The number of pyridine rings is 1. The lowest BCUT2D eigenvalue weighted by Gasteiger charge is -2.26. The zero-order chi connectivity index (χ0) is 25.2. The van der Waals surface area contributed by atoms with Crippen molar-refractivity contribution in [3.05, 3.63) is 93.3 Å². The fourth-order valence-electron chi connectivity index (χ4n) is 3.96. The molecule has 6 nitrogen and oxygen atoms in total. The largest absolute Gasteiger partial charge is 0.489 e. The lowest BCUT2D eigenvalue weighted by molar-refractivity contribution is -0.137. The van der Waals surface area contributed by atoms with E-state index in [9.17, 15) is 22.8 Å². The van der Waals surface area contributed by atoms with E-state index >= 15 is 0 Å². The van der Waals surface area contributed by atoms with Crippen LogP contribution in [0.2, 0.25) is 5.02 Å². The van der Waals surface area contributed by atoms with Crippen molar-refractivity contribution in [3.8, 4) is 5.75 Å². The topological polar surface area (TPSA) is 94.3 Å². The number of nitrogens with one attached hydrogen (secondary N) is 1. The van der Waals surface area contributed by atoms with Gasteiger partial charge in [0.2, 0.25) is 0 Å². The summed E-state index contributed by atoms with van der Waals surface area (Å²) in [6.07, 6.45) is -1.28. The Morgan fingerprint density at radius 2 is 1.91 bits per heavy atom. The van der Waals surface area contributed by atoms with Crippen LogP contribution in [0.25, 0.3) is 0 Å². The highest BCUT2D eigenvalue weighted by Gasteiger charge is 2.34.